The third-order valence-corrected chi connectivity index (χ3v) is 1.47. The van der Waals surface area contributed by atoms with Crippen molar-refractivity contribution in [2.75, 3.05) is 0 Å². The molecule has 0 aromatic carbocycles. The van der Waals surface area contributed by atoms with E-state index in [1.54, 1.807) is 0 Å². The van der Waals surface area contributed by atoms with Gasteiger partial charge in [0.15, 0.2) is 0 Å². The molecule has 2 heteroatoms. The van der Waals surface area contributed by atoms with Crippen LogP contribution in [0.5, 0.6) is 0 Å². The van der Waals surface area contributed by atoms with Gasteiger partial charge in [0.1, 0.15) is 0 Å². The van der Waals surface area contributed by atoms with Crippen molar-refractivity contribution in [3.8, 4) is 143 Å². The van der Waals surface area contributed by atoms with E-state index in [9.17, 15) is 0 Å². The first-order chi connectivity index (χ1) is 12.9. The van der Waals surface area contributed by atoms with Gasteiger partial charge < -0.3 is 0 Å². The molecule has 0 spiro atoms. The Balaban J connectivity index is 4.36. The van der Waals surface area contributed by atoms with E-state index < -0.39 is 0 Å². The summed E-state index contributed by atoms with van der Waals surface area (Å²) >= 11 is 0. The zero-order valence-electron chi connectivity index (χ0n) is 13.2. The average molecular weight is 315 g/mol. The predicted molar refractivity (Wildman–Crippen MR) is 104 cm³/mol. The van der Waals surface area contributed by atoms with Crippen molar-refractivity contribution < 1.29 is 0 Å². The average Bonchev–Trinajstić information content (AvgIpc) is 2.66. The van der Waals surface area contributed by atoms with Crippen LogP contribution in [0.15, 0.2) is 4.90 Å². The summed E-state index contributed by atoms with van der Waals surface area (Å²) in [4.78, 5) is 3.68. The van der Waals surface area contributed by atoms with Gasteiger partial charge in [0.25, 0.3) is 0 Å². The Bertz CT molecular complexity index is 1180. The molecule has 0 aliphatic heterocycles. The van der Waals surface area contributed by atoms with Gasteiger partial charge >= 0.3 is 149 Å². The molecule has 106 valence electrons. The Morgan fingerprint density at radius 1 is 0.423 bits per heavy atom. The first-order valence-electron chi connectivity index (χ1n) is 6.35. The Hall–Kier alpha value is -5.42. The molecule has 0 aliphatic carbocycles. The summed E-state index contributed by atoms with van der Waals surface area (Å²) in [5.74, 6) is 50.8. The van der Waals surface area contributed by atoms with Crippen LogP contribution in [0, 0.1) is 143 Å². The van der Waals surface area contributed by atoms with E-state index in [0.717, 1.165) is 0 Å². The molecular weight excluding hydrogens is 313 g/mol. The Labute approximate surface area is 155 Å². The molecule has 1 nitrogen and oxygen atoms in total. The molecular formula is C24H2BN. The quantitative estimate of drug-likeness (QED) is 0.444. The first-order valence-corrected chi connectivity index (χ1v) is 6.35. The van der Waals surface area contributed by atoms with Crippen LogP contribution in [0.2, 0.25) is 0 Å². The van der Waals surface area contributed by atoms with E-state index in [-0.39, 0.29) is 0 Å². The van der Waals surface area contributed by atoms with Crippen LogP contribution in [-0.2, 0) is 0 Å². The van der Waals surface area contributed by atoms with Gasteiger partial charge in [-0.1, -0.05) is 0 Å². The van der Waals surface area contributed by atoms with Gasteiger partial charge in [0.05, 0.1) is 0 Å². The molecule has 0 saturated carbocycles. The summed E-state index contributed by atoms with van der Waals surface area (Å²) in [7, 11) is 1.29. The second-order valence-corrected chi connectivity index (χ2v) is 3.05. The summed E-state index contributed by atoms with van der Waals surface area (Å²) in [6, 6.07) is 2.41. The minimum Gasteiger partial charge on any atom is -0.106 e. The van der Waals surface area contributed by atoms with Crippen LogP contribution in [0.4, 0.5) is 0 Å². The standard InChI is InChI=1S/C24H2BN/c1-3-5-7-9-11-13-15-17-19-21-23-25-26-24-22-20-18-16-14-12-10-8-6-4-2/h1-2H. The summed E-state index contributed by atoms with van der Waals surface area (Å²) in [5, 5.41) is 0. The maximum atomic E-state index is 4.91. The zero-order valence-corrected chi connectivity index (χ0v) is 13.2. The molecule has 0 atom stereocenters. The molecule has 0 rings (SSSR count). The van der Waals surface area contributed by atoms with Crippen LogP contribution in [-0.4, -0.2) is 7.07 Å². The summed E-state index contributed by atoms with van der Waals surface area (Å²) in [5.41, 5.74) is 0. The van der Waals surface area contributed by atoms with Crippen molar-refractivity contribution in [3.05, 3.63) is 0 Å². The molecule has 0 fully saturated rings. The monoisotopic (exact) mass is 315 g/mol. The minimum atomic E-state index is 1.29. The van der Waals surface area contributed by atoms with Crippen LogP contribution in [0.25, 0.3) is 0 Å². The van der Waals surface area contributed by atoms with E-state index in [1.165, 1.54) is 7.07 Å². The van der Waals surface area contributed by atoms with Crippen molar-refractivity contribution in [1.29, 1.82) is 0 Å². The number of nitrogens with zero attached hydrogens (tertiary/aromatic N) is 1. The fourth-order valence-corrected chi connectivity index (χ4v) is 0.703. The van der Waals surface area contributed by atoms with Crippen molar-refractivity contribution in [2.24, 2.45) is 4.90 Å². The van der Waals surface area contributed by atoms with E-state index >= 15 is 0 Å². The second kappa shape index (κ2) is 19.6. The molecule has 0 radical (unpaired) electrons. The van der Waals surface area contributed by atoms with Crippen LogP contribution in [0.1, 0.15) is 0 Å². The van der Waals surface area contributed by atoms with Gasteiger partial charge in [-0.25, -0.2) is 0 Å². The van der Waals surface area contributed by atoms with E-state index in [2.05, 4.69) is 135 Å². The Morgan fingerprint density at radius 3 is 1.19 bits per heavy atom. The van der Waals surface area contributed by atoms with E-state index in [0.29, 0.717) is 0 Å². The van der Waals surface area contributed by atoms with Crippen LogP contribution < -0.4 is 0 Å². The fraction of sp³-hybridized carbons (Fsp3) is 0. The van der Waals surface area contributed by atoms with Gasteiger partial charge in [-0.2, -0.15) is 0 Å². The fourth-order valence-electron chi connectivity index (χ4n) is 0.703. The molecule has 0 saturated heterocycles. The number of hydrogen-bond acceptors (Lipinski definition) is 1. The topological polar surface area (TPSA) is 12.4 Å². The van der Waals surface area contributed by atoms with Gasteiger partial charge in [0.2, 0.25) is 0 Å². The molecule has 0 bridgehead atoms. The molecule has 0 aromatic rings. The predicted octanol–water partition coefficient (Wildman–Crippen LogP) is 0.0896. The zero-order chi connectivity index (χ0) is 19.0. The summed E-state index contributed by atoms with van der Waals surface area (Å²) in [6.07, 6.45) is 9.82. The van der Waals surface area contributed by atoms with Gasteiger partial charge in [0, 0.05) is 0 Å². The van der Waals surface area contributed by atoms with Crippen molar-refractivity contribution in [2.45, 2.75) is 0 Å². The Morgan fingerprint density at radius 2 is 0.769 bits per heavy atom. The van der Waals surface area contributed by atoms with Gasteiger partial charge in [-0.3, -0.25) is 0 Å². The van der Waals surface area contributed by atoms with Crippen molar-refractivity contribution in [3.63, 3.8) is 0 Å². The van der Waals surface area contributed by atoms with Gasteiger partial charge in [-0.05, 0) is 0 Å². The Kier molecular flexibility index (Phi) is 15.5. The second-order valence-electron chi connectivity index (χ2n) is 3.05. The molecule has 26 heavy (non-hydrogen) atoms. The summed E-state index contributed by atoms with van der Waals surface area (Å²) < 4.78 is 0. The van der Waals surface area contributed by atoms with Gasteiger partial charge in [-0.15, -0.1) is 6.42 Å². The molecule has 0 amide bonds. The SMILES string of the molecule is C#CC#CC#CC#CC#CC#CB=NC#CC#CC#CC#CC#CC#C. The first kappa shape index (κ1) is 20.6. The van der Waals surface area contributed by atoms with Crippen molar-refractivity contribution >= 4 is 7.07 Å². The van der Waals surface area contributed by atoms with Crippen LogP contribution >= 0.6 is 0 Å². The smallest absolute Gasteiger partial charge is 0.106 e. The summed E-state index contributed by atoms with van der Waals surface area (Å²) in [6.45, 7) is 0. The third-order valence-electron chi connectivity index (χ3n) is 1.47. The number of rotatable bonds is 0. The minimum absolute atomic E-state index is 1.29. The number of terminal acetylenes is 2. The molecule has 0 aliphatic rings. The van der Waals surface area contributed by atoms with Crippen molar-refractivity contribution in [1.82, 2.24) is 0 Å². The normalized spacial score (nSPS) is 4.38. The number of hydrogen-bond donors (Lipinski definition) is 0. The maximum absolute atomic E-state index is 4.91. The molecule has 0 heterocycles. The van der Waals surface area contributed by atoms with E-state index in [4.69, 9.17) is 12.8 Å². The third kappa shape index (κ3) is 18.6. The molecule has 0 unspecified atom stereocenters. The molecule has 0 aromatic heterocycles. The van der Waals surface area contributed by atoms with Crippen LogP contribution in [0.3, 0.4) is 0 Å². The molecule has 0 N–H and O–H groups in total. The van der Waals surface area contributed by atoms with E-state index in [1.807, 2.05) is 0 Å².